The number of nitrogens with zero attached hydrogens (tertiary/aromatic N) is 2. The van der Waals surface area contributed by atoms with Gasteiger partial charge in [-0.05, 0) is 36.8 Å². The van der Waals surface area contributed by atoms with Crippen LogP contribution in [-0.4, -0.2) is 32.9 Å². The van der Waals surface area contributed by atoms with Crippen LogP contribution in [0.4, 0.5) is 0 Å². The molecule has 10 heteroatoms. The lowest BCUT2D eigenvalue weighted by Crippen LogP contribution is -2.26. The van der Waals surface area contributed by atoms with Crippen LogP contribution in [-0.2, 0) is 26.4 Å². The van der Waals surface area contributed by atoms with Crippen molar-refractivity contribution in [2.24, 2.45) is 0 Å². The van der Waals surface area contributed by atoms with Gasteiger partial charge in [-0.2, -0.15) is 0 Å². The van der Waals surface area contributed by atoms with E-state index >= 15 is 0 Å². The van der Waals surface area contributed by atoms with Crippen LogP contribution in [0.3, 0.4) is 0 Å². The number of imidazole rings is 1. The largest absolute Gasteiger partial charge is 0.337 e. The minimum atomic E-state index is -3.97. The predicted molar refractivity (Wildman–Crippen MR) is 105 cm³/mol. The third-order valence-electron chi connectivity index (χ3n) is 4.00. The van der Waals surface area contributed by atoms with E-state index in [4.69, 9.17) is 11.6 Å². The molecule has 0 aliphatic heterocycles. The summed E-state index contributed by atoms with van der Waals surface area (Å²) in [5, 5.41) is -0.0471. The van der Waals surface area contributed by atoms with Gasteiger partial charge in [-0.15, -0.1) is 0 Å². The molecule has 3 aromatic rings. The fourth-order valence-electron chi connectivity index (χ4n) is 2.56. The topological polar surface area (TPSA) is 98.1 Å². The Labute approximate surface area is 169 Å². The van der Waals surface area contributed by atoms with Crippen molar-refractivity contribution in [2.45, 2.75) is 27.7 Å². The van der Waals surface area contributed by atoms with Crippen LogP contribution in [0.1, 0.15) is 6.42 Å². The highest BCUT2D eigenvalue weighted by molar-refractivity contribution is 7.91. The van der Waals surface area contributed by atoms with E-state index in [1.807, 2.05) is 4.57 Å². The number of hydrogen-bond donors (Lipinski definition) is 1. The summed E-state index contributed by atoms with van der Waals surface area (Å²) in [5.74, 6) is 0. The number of halogens is 1. The minimum Gasteiger partial charge on any atom is -0.337 e. The van der Waals surface area contributed by atoms with Crippen molar-refractivity contribution in [3.63, 3.8) is 0 Å². The number of rotatable bonds is 8. The highest BCUT2D eigenvalue weighted by Crippen LogP contribution is 2.28. The zero-order valence-electron chi connectivity index (χ0n) is 14.7. The number of sulfone groups is 1. The van der Waals surface area contributed by atoms with E-state index in [0.29, 0.717) is 13.0 Å². The number of benzene rings is 2. The lowest BCUT2D eigenvalue weighted by atomic mass is 10.4. The molecule has 1 N–H and O–H groups in total. The Morgan fingerprint density at radius 1 is 1.00 bits per heavy atom. The first kappa shape index (κ1) is 20.5. The molecule has 0 unspecified atom stereocenters. The maximum absolute atomic E-state index is 12.7. The average Bonchev–Trinajstić information content (AvgIpc) is 3.19. The summed E-state index contributed by atoms with van der Waals surface area (Å²) in [7, 11) is -7.82. The first-order valence-electron chi connectivity index (χ1n) is 8.36. The van der Waals surface area contributed by atoms with E-state index in [9.17, 15) is 16.8 Å². The Balaban J connectivity index is 1.80. The monoisotopic (exact) mass is 439 g/mol. The second-order valence-corrected chi connectivity index (χ2v) is 10.1. The number of aryl methyl sites for hydroxylation is 1. The van der Waals surface area contributed by atoms with Crippen molar-refractivity contribution >= 4 is 31.5 Å². The lowest BCUT2D eigenvalue weighted by Gasteiger charge is -2.11. The van der Waals surface area contributed by atoms with E-state index in [2.05, 4.69) is 9.71 Å². The van der Waals surface area contributed by atoms with Crippen molar-refractivity contribution in [3.05, 3.63) is 72.3 Å². The van der Waals surface area contributed by atoms with E-state index in [0.717, 1.165) is 6.07 Å². The van der Waals surface area contributed by atoms with Crippen molar-refractivity contribution in [2.75, 3.05) is 6.54 Å². The normalized spacial score (nSPS) is 12.2. The van der Waals surface area contributed by atoms with Gasteiger partial charge in [-0.1, -0.05) is 29.8 Å². The number of sulfonamides is 1. The van der Waals surface area contributed by atoms with Gasteiger partial charge in [-0.3, -0.25) is 0 Å². The van der Waals surface area contributed by atoms with E-state index in [1.54, 1.807) is 36.9 Å². The molecule has 0 atom stereocenters. The van der Waals surface area contributed by atoms with Gasteiger partial charge in [0.25, 0.3) is 0 Å². The zero-order chi connectivity index (χ0) is 20.2. The number of hydrogen-bond acceptors (Lipinski definition) is 5. The Morgan fingerprint density at radius 2 is 1.75 bits per heavy atom. The van der Waals surface area contributed by atoms with Crippen molar-refractivity contribution in [3.8, 4) is 0 Å². The van der Waals surface area contributed by atoms with Gasteiger partial charge in [0.1, 0.15) is 4.90 Å². The molecule has 7 nitrogen and oxygen atoms in total. The van der Waals surface area contributed by atoms with Crippen LogP contribution in [0.2, 0.25) is 5.02 Å². The molecule has 28 heavy (non-hydrogen) atoms. The first-order valence-corrected chi connectivity index (χ1v) is 11.7. The van der Waals surface area contributed by atoms with E-state index in [1.165, 1.54) is 24.3 Å². The fourth-order valence-corrected chi connectivity index (χ4v) is 5.54. The first-order chi connectivity index (χ1) is 13.3. The third kappa shape index (κ3) is 4.61. The second-order valence-electron chi connectivity index (χ2n) is 5.96. The molecule has 0 fully saturated rings. The molecule has 1 heterocycles. The van der Waals surface area contributed by atoms with Gasteiger partial charge in [-0.25, -0.2) is 26.5 Å². The van der Waals surface area contributed by atoms with E-state index < -0.39 is 19.9 Å². The van der Waals surface area contributed by atoms with Crippen molar-refractivity contribution < 1.29 is 16.8 Å². The smallest absolute Gasteiger partial charge is 0.242 e. The molecule has 0 radical (unpaired) electrons. The summed E-state index contributed by atoms with van der Waals surface area (Å²) in [6.45, 7) is 0.769. The summed E-state index contributed by atoms with van der Waals surface area (Å²) in [6, 6.07) is 11.5. The van der Waals surface area contributed by atoms with Gasteiger partial charge >= 0.3 is 0 Å². The molecule has 3 rings (SSSR count). The average molecular weight is 440 g/mol. The lowest BCUT2D eigenvalue weighted by molar-refractivity contribution is 0.569. The molecule has 0 saturated carbocycles. The molecule has 1 aromatic heterocycles. The molecular formula is C18H18ClN3O4S2. The molecule has 0 spiro atoms. The quantitative estimate of drug-likeness (QED) is 0.544. The van der Waals surface area contributed by atoms with Crippen molar-refractivity contribution in [1.82, 2.24) is 14.3 Å². The summed E-state index contributed by atoms with van der Waals surface area (Å²) < 4.78 is 55.0. The Bertz CT molecular complexity index is 1150. The Morgan fingerprint density at radius 3 is 2.43 bits per heavy atom. The van der Waals surface area contributed by atoms with Gasteiger partial charge in [0, 0.05) is 25.5 Å². The van der Waals surface area contributed by atoms with Crippen LogP contribution in [0.25, 0.3) is 0 Å². The zero-order valence-corrected chi connectivity index (χ0v) is 17.1. The molecule has 0 aliphatic rings. The summed E-state index contributed by atoms with van der Waals surface area (Å²) in [4.78, 5) is 3.59. The highest BCUT2D eigenvalue weighted by atomic mass is 35.5. The predicted octanol–water partition coefficient (Wildman–Crippen LogP) is 2.74. The minimum absolute atomic E-state index is 0.0471. The molecule has 0 bridgehead atoms. The van der Waals surface area contributed by atoms with Crippen LogP contribution >= 0.6 is 11.6 Å². The number of aromatic nitrogens is 2. The van der Waals surface area contributed by atoms with Gasteiger partial charge in [0.05, 0.1) is 21.1 Å². The van der Waals surface area contributed by atoms with Crippen LogP contribution in [0.15, 0.2) is 81.9 Å². The SMILES string of the molecule is O=S(=O)(NCCCn1ccnc1)c1cc(S(=O)(=O)c2ccccc2)ccc1Cl. The van der Waals surface area contributed by atoms with Crippen LogP contribution in [0.5, 0.6) is 0 Å². The molecule has 2 aromatic carbocycles. The standard InChI is InChI=1S/C18H18ClN3O4S2/c19-17-8-7-16(27(23,24)15-5-2-1-3-6-15)13-18(17)28(25,26)21-9-4-11-22-12-10-20-14-22/h1-3,5-8,10,12-14,21H,4,9,11H2. The summed E-state index contributed by atoms with van der Waals surface area (Å²) in [6.07, 6.45) is 5.60. The Hall–Kier alpha value is -2.20. The number of nitrogens with one attached hydrogen (secondary N) is 1. The highest BCUT2D eigenvalue weighted by Gasteiger charge is 2.23. The van der Waals surface area contributed by atoms with Gasteiger partial charge < -0.3 is 4.57 Å². The maximum Gasteiger partial charge on any atom is 0.242 e. The molecule has 0 saturated heterocycles. The maximum atomic E-state index is 12.7. The molecule has 0 amide bonds. The molecule has 0 aliphatic carbocycles. The van der Waals surface area contributed by atoms with Gasteiger partial charge in [0.15, 0.2) is 0 Å². The van der Waals surface area contributed by atoms with Crippen molar-refractivity contribution in [1.29, 1.82) is 0 Å². The van der Waals surface area contributed by atoms with Crippen LogP contribution in [0, 0.1) is 0 Å². The second kappa shape index (κ2) is 8.44. The molecule has 148 valence electrons. The van der Waals surface area contributed by atoms with E-state index in [-0.39, 0.29) is 26.3 Å². The molecular weight excluding hydrogens is 422 g/mol. The van der Waals surface area contributed by atoms with Crippen LogP contribution < -0.4 is 4.72 Å². The fraction of sp³-hybridized carbons (Fsp3) is 0.167. The third-order valence-corrected chi connectivity index (χ3v) is 7.71. The van der Waals surface area contributed by atoms with Gasteiger partial charge in [0.2, 0.25) is 19.9 Å². The summed E-state index contributed by atoms with van der Waals surface area (Å²) >= 11 is 6.04. The Kier molecular flexibility index (Phi) is 6.19. The summed E-state index contributed by atoms with van der Waals surface area (Å²) in [5.41, 5.74) is 0.